The second-order valence-electron chi connectivity index (χ2n) is 4.16. The van der Waals surface area contributed by atoms with E-state index in [0.29, 0.717) is 11.3 Å². The average molecular weight is 293 g/mol. The minimum Gasteiger partial charge on any atom is -0.326 e. The average Bonchev–Trinajstić information content (AvgIpc) is 2.41. The van der Waals surface area contributed by atoms with Crippen LogP contribution in [0, 0.1) is 5.82 Å². The second-order valence-corrected chi connectivity index (χ2v) is 5.19. The molecule has 1 amide bonds. The molecule has 104 valence electrons. The lowest BCUT2D eigenvalue weighted by molar-refractivity contribution is -0.115. The minimum atomic E-state index is -2.68. The molecule has 0 aliphatic rings. The van der Waals surface area contributed by atoms with Crippen molar-refractivity contribution >= 4 is 22.3 Å². The third-order valence-corrected chi connectivity index (χ3v) is 3.32. The number of benzene rings is 2. The van der Waals surface area contributed by atoms with Crippen molar-refractivity contribution < 1.29 is 17.6 Å². The Balaban J connectivity index is 2.04. The molecule has 2 aromatic carbocycles. The Morgan fingerprint density at radius 1 is 1.10 bits per heavy atom. The van der Waals surface area contributed by atoms with Gasteiger partial charge in [0.25, 0.3) is 0 Å². The highest BCUT2D eigenvalue weighted by atomic mass is 32.2. The maximum absolute atomic E-state index is 12.7. The molecule has 0 saturated carbocycles. The van der Waals surface area contributed by atoms with E-state index in [1.54, 1.807) is 12.1 Å². The van der Waals surface area contributed by atoms with Crippen LogP contribution in [0.15, 0.2) is 53.4 Å². The predicted octanol–water partition coefficient (Wildman–Crippen LogP) is 1.98. The molecular formula is C14H12FNO3S. The van der Waals surface area contributed by atoms with Gasteiger partial charge < -0.3 is 5.32 Å². The molecule has 4 nitrogen and oxygen atoms in total. The van der Waals surface area contributed by atoms with Crippen LogP contribution in [-0.2, 0) is 21.9 Å². The van der Waals surface area contributed by atoms with E-state index in [1.165, 1.54) is 36.4 Å². The Hall–Kier alpha value is -2.21. The van der Waals surface area contributed by atoms with Crippen LogP contribution in [0.3, 0.4) is 0 Å². The number of anilines is 1. The van der Waals surface area contributed by atoms with Crippen molar-refractivity contribution in [1.29, 1.82) is 0 Å². The molecule has 6 heteroatoms. The first-order valence-corrected chi connectivity index (χ1v) is 7.01. The summed E-state index contributed by atoms with van der Waals surface area (Å²) < 4.78 is 34.4. The Morgan fingerprint density at radius 3 is 2.45 bits per heavy atom. The van der Waals surface area contributed by atoms with Gasteiger partial charge in [-0.15, -0.1) is 0 Å². The molecular weight excluding hydrogens is 281 g/mol. The molecule has 0 spiro atoms. The van der Waals surface area contributed by atoms with Crippen LogP contribution in [0.5, 0.6) is 0 Å². The fourth-order valence-corrected chi connectivity index (χ4v) is 2.14. The van der Waals surface area contributed by atoms with Gasteiger partial charge in [-0.3, -0.25) is 4.79 Å². The van der Waals surface area contributed by atoms with Crippen LogP contribution in [-0.4, -0.2) is 14.3 Å². The number of carbonyl (C=O) groups is 1. The number of amides is 1. The lowest BCUT2D eigenvalue weighted by Gasteiger charge is -2.05. The molecule has 0 aliphatic heterocycles. The maximum Gasteiger partial charge on any atom is 0.228 e. The summed E-state index contributed by atoms with van der Waals surface area (Å²) in [6.45, 7) is 0. The Bertz CT molecular complexity index is 688. The summed E-state index contributed by atoms with van der Waals surface area (Å²) >= 11 is 0. The fraction of sp³-hybridized carbons (Fsp3) is 0.0714. The maximum atomic E-state index is 12.7. The number of halogens is 1. The Kier molecular flexibility index (Phi) is 4.47. The summed E-state index contributed by atoms with van der Waals surface area (Å²) in [5.41, 5.74) is 1.09. The van der Waals surface area contributed by atoms with Gasteiger partial charge in [0, 0.05) is 5.69 Å². The number of nitrogens with one attached hydrogen (secondary N) is 1. The largest absolute Gasteiger partial charge is 0.326 e. The van der Waals surface area contributed by atoms with E-state index in [0.717, 1.165) is 0 Å². The lowest BCUT2D eigenvalue weighted by Crippen LogP contribution is -2.14. The van der Waals surface area contributed by atoms with Gasteiger partial charge in [-0.2, -0.15) is 0 Å². The van der Waals surface area contributed by atoms with Crippen molar-refractivity contribution in [3.8, 4) is 0 Å². The zero-order valence-electron chi connectivity index (χ0n) is 10.4. The van der Waals surface area contributed by atoms with Crippen molar-refractivity contribution in [1.82, 2.24) is 0 Å². The molecule has 0 atom stereocenters. The van der Waals surface area contributed by atoms with E-state index < -0.39 is 10.7 Å². The van der Waals surface area contributed by atoms with Crippen LogP contribution < -0.4 is 5.32 Å². The Morgan fingerprint density at radius 2 is 1.80 bits per heavy atom. The van der Waals surface area contributed by atoms with Crippen LogP contribution in [0.1, 0.15) is 5.56 Å². The number of thiol groups is 1. The summed E-state index contributed by atoms with van der Waals surface area (Å²) in [6.07, 6.45) is 0.0913. The van der Waals surface area contributed by atoms with Crippen LogP contribution in [0.4, 0.5) is 10.1 Å². The van der Waals surface area contributed by atoms with E-state index in [-0.39, 0.29) is 23.0 Å². The third-order valence-electron chi connectivity index (χ3n) is 2.62. The van der Waals surface area contributed by atoms with Crippen molar-refractivity contribution in [2.45, 2.75) is 11.3 Å². The highest BCUT2D eigenvalue weighted by Crippen LogP contribution is 2.12. The van der Waals surface area contributed by atoms with Gasteiger partial charge in [-0.05, 0) is 35.9 Å². The molecule has 0 bridgehead atoms. The summed E-state index contributed by atoms with van der Waals surface area (Å²) in [5, 5.41) is 2.60. The summed E-state index contributed by atoms with van der Waals surface area (Å²) in [6, 6.07) is 11.6. The first-order valence-electron chi connectivity index (χ1n) is 5.83. The predicted molar refractivity (Wildman–Crippen MR) is 73.8 cm³/mol. The van der Waals surface area contributed by atoms with Crippen LogP contribution in [0.2, 0.25) is 0 Å². The van der Waals surface area contributed by atoms with Crippen molar-refractivity contribution in [2.24, 2.45) is 0 Å². The zero-order valence-corrected chi connectivity index (χ0v) is 11.3. The van der Waals surface area contributed by atoms with Gasteiger partial charge in [0.1, 0.15) is 5.82 Å². The lowest BCUT2D eigenvalue weighted by atomic mass is 10.1. The van der Waals surface area contributed by atoms with Crippen molar-refractivity contribution in [3.63, 3.8) is 0 Å². The highest BCUT2D eigenvalue weighted by molar-refractivity contribution is 7.72. The van der Waals surface area contributed by atoms with E-state index in [9.17, 15) is 17.6 Å². The number of carbonyl (C=O) groups excluding carboxylic acids is 1. The monoisotopic (exact) mass is 293 g/mol. The summed E-state index contributed by atoms with van der Waals surface area (Å²) in [7, 11) is -2.68. The third kappa shape index (κ3) is 3.89. The molecule has 2 rings (SSSR count). The number of hydrogen-bond donors (Lipinski definition) is 2. The standard InChI is InChI=1S/C14H12FNO3S/c15-11-6-4-10(5-7-11)8-14(17)16-12-2-1-3-13(9-12)20(18)19/h1-7,9,20H,8H2,(H,16,17). The van der Waals surface area contributed by atoms with E-state index in [2.05, 4.69) is 5.32 Å². The molecule has 0 unspecified atom stereocenters. The SMILES string of the molecule is O=C(Cc1ccc(F)cc1)Nc1cccc([SH](=O)=O)c1. The topological polar surface area (TPSA) is 63.2 Å². The van der Waals surface area contributed by atoms with Gasteiger partial charge in [0.05, 0.1) is 11.3 Å². The van der Waals surface area contributed by atoms with Gasteiger partial charge >= 0.3 is 0 Å². The van der Waals surface area contributed by atoms with Crippen molar-refractivity contribution in [2.75, 3.05) is 5.32 Å². The fourth-order valence-electron chi connectivity index (χ4n) is 1.69. The smallest absolute Gasteiger partial charge is 0.228 e. The molecule has 0 heterocycles. The molecule has 2 aromatic rings. The molecule has 20 heavy (non-hydrogen) atoms. The molecule has 0 radical (unpaired) electrons. The molecule has 1 N–H and O–H groups in total. The molecule has 0 aromatic heterocycles. The quantitative estimate of drug-likeness (QED) is 0.847. The van der Waals surface area contributed by atoms with Crippen LogP contribution >= 0.6 is 0 Å². The van der Waals surface area contributed by atoms with Crippen molar-refractivity contribution in [3.05, 3.63) is 59.9 Å². The molecule has 0 aliphatic carbocycles. The van der Waals surface area contributed by atoms with Gasteiger partial charge in [-0.1, -0.05) is 18.2 Å². The number of rotatable bonds is 4. The molecule has 0 fully saturated rings. The van der Waals surface area contributed by atoms with Gasteiger partial charge in [-0.25, -0.2) is 12.8 Å². The zero-order chi connectivity index (χ0) is 14.5. The second kappa shape index (κ2) is 6.29. The number of hydrogen-bond acceptors (Lipinski definition) is 3. The van der Waals surface area contributed by atoms with E-state index >= 15 is 0 Å². The minimum absolute atomic E-state index is 0.0913. The van der Waals surface area contributed by atoms with Gasteiger partial charge in [0.2, 0.25) is 5.91 Å². The van der Waals surface area contributed by atoms with E-state index in [1.807, 2.05) is 0 Å². The normalized spacial score (nSPS) is 10.5. The van der Waals surface area contributed by atoms with Gasteiger partial charge in [0.15, 0.2) is 10.7 Å². The first kappa shape index (κ1) is 14.2. The van der Waals surface area contributed by atoms with Crippen LogP contribution in [0.25, 0.3) is 0 Å². The Labute approximate surface area is 117 Å². The first-order chi connectivity index (χ1) is 9.54. The highest BCUT2D eigenvalue weighted by Gasteiger charge is 2.05. The molecule has 0 saturated heterocycles. The van der Waals surface area contributed by atoms with E-state index in [4.69, 9.17) is 0 Å². The summed E-state index contributed by atoms with van der Waals surface area (Å²) in [4.78, 5) is 11.9. The summed E-state index contributed by atoms with van der Waals surface area (Å²) in [5.74, 6) is -0.656.